The summed E-state index contributed by atoms with van der Waals surface area (Å²) in [6.45, 7) is 8.28. The Morgan fingerprint density at radius 2 is 1.88 bits per heavy atom. The highest BCUT2D eigenvalue weighted by Crippen LogP contribution is 2.20. The lowest BCUT2D eigenvalue weighted by Crippen LogP contribution is -2.32. The molecule has 0 aliphatic rings. The van der Waals surface area contributed by atoms with Gasteiger partial charge in [-0.2, -0.15) is 5.10 Å². The van der Waals surface area contributed by atoms with Crippen LogP contribution in [0.4, 0.5) is 0 Å². The molecule has 0 unspecified atom stereocenters. The SMILES string of the molecule is CCNCCNC(=O)Cc1c(C)nn(-c2ccc(Cl)cc2)c1C.Cl. The van der Waals surface area contributed by atoms with Crippen molar-refractivity contribution in [3.63, 3.8) is 0 Å². The van der Waals surface area contributed by atoms with Gasteiger partial charge >= 0.3 is 0 Å². The Kier molecular flexibility index (Phi) is 8.25. The summed E-state index contributed by atoms with van der Waals surface area (Å²) < 4.78 is 1.85. The Morgan fingerprint density at radius 1 is 1.21 bits per heavy atom. The van der Waals surface area contributed by atoms with Crippen LogP contribution in [-0.2, 0) is 11.2 Å². The van der Waals surface area contributed by atoms with Crippen LogP contribution in [0, 0.1) is 13.8 Å². The average molecular weight is 371 g/mol. The summed E-state index contributed by atoms with van der Waals surface area (Å²) in [4.78, 5) is 12.1. The first kappa shape index (κ1) is 20.5. The van der Waals surface area contributed by atoms with E-state index in [0.29, 0.717) is 18.0 Å². The van der Waals surface area contributed by atoms with E-state index >= 15 is 0 Å². The maximum absolute atomic E-state index is 12.1. The molecule has 24 heavy (non-hydrogen) atoms. The molecule has 0 aliphatic carbocycles. The molecule has 0 spiro atoms. The largest absolute Gasteiger partial charge is 0.355 e. The normalized spacial score (nSPS) is 10.3. The molecular formula is C17H24Cl2N4O. The molecule has 1 aromatic carbocycles. The van der Waals surface area contributed by atoms with Crippen LogP contribution in [0.3, 0.4) is 0 Å². The number of hydrogen-bond acceptors (Lipinski definition) is 3. The van der Waals surface area contributed by atoms with Crippen molar-refractivity contribution in [1.29, 1.82) is 0 Å². The summed E-state index contributed by atoms with van der Waals surface area (Å²) >= 11 is 5.93. The summed E-state index contributed by atoms with van der Waals surface area (Å²) in [7, 11) is 0. The first-order valence-electron chi connectivity index (χ1n) is 7.81. The minimum absolute atomic E-state index is 0. The van der Waals surface area contributed by atoms with Gasteiger partial charge in [0.25, 0.3) is 0 Å². The zero-order valence-electron chi connectivity index (χ0n) is 14.2. The van der Waals surface area contributed by atoms with Crippen LogP contribution in [0.25, 0.3) is 5.69 Å². The highest BCUT2D eigenvalue weighted by Gasteiger charge is 2.15. The second kappa shape index (κ2) is 9.67. The maximum atomic E-state index is 12.1. The molecule has 132 valence electrons. The van der Waals surface area contributed by atoms with E-state index in [4.69, 9.17) is 11.6 Å². The lowest BCUT2D eigenvalue weighted by atomic mass is 10.1. The Morgan fingerprint density at radius 3 is 2.50 bits per heavy atom. The first-order chi connectivity index (χ1) is 11.0. The number of aryl methyl sites for hydroxylation is 1. The predicted octanol–water partition coefficient (Wildman–Crippen LogP) is 2.83. The minimum Gasteiger partial charge on any atom is -0.355 e. The smallest absolute Gasteiger partial charge is 0.224 e. The zero-order chi connectivity index (χ0) is 16.8. The number of hydrogen-bond donors (Lipinski definition) is 2. The van der Waals surface area contributed by atoms with Crippen molar-refractivity contribution in [2.24, 2.45) is 0 Å². The third kappa shape index (κ3) is 5.23. The second-order valence-corrected chi connectivity index (χ2v) is 5.85. The van der Waals surface area contributed by atoms with Gasteiger partial charge in [-0.05, 0) is 44.7 Å². The van der Waals surface area contributed by atoms with Gasteiger partial charge in [-0.1, -0.05) is 18.5 Å². The van der Waals surface area contributed by atoms with Crippen LogP contribution in [0.1, 0.15) is 23.9 Å². The molecule has 0 radical (unpaired) electrons. The minimum atomic E-state index is 0. The van der Waals surface area contributed by atoms with Crippen LogP contribution < -0.4 is 10.6 Å². The third-order valence-electron chi connectivity index (χ3n) is 3.72. The molecule has 2 rings (SSSR count). The van der Waals surface area contributed by atoms with Gasteiger partial charge in [-0.25, -0.2) is 4.68 Å². The number of nitrogens with one attached hydrogen (secondary N) is 2. The number of rotatable bonds is 7. The second-order valence-electron chi connectivity index (χ2n) is 5.42. The zero-order valence-corrected chi connectivity index (χ0v) is 15.8. The standard InChI is InChI=1S/C17H23ClN4O.ClH/c1-4-19-9-10-20-17(23)11-16-12(2)21-22(13(16)3)15-7-5-14(18)6-8-15;/h5-8,19H,4,9-11H2,1-3H3,(H,20,23);1H. The fourth-order valence-electron chi connectivity index (χ4n) is 2.45. The van der Waals surface area contributed by atoms with Gasteiger partial charge in [0.2, 0.25) is 5.91 Å². The fraction of sp³-hybridized carbons (Fsp3) is 0.412. The van der Waals surface area contributed by atoms with Gasteiger partial charge in [0.15, 0.2) is 0 Å². The number of carbonyl (C=O) groups is 1. The Hall–Kier alpha value is -1.56. The van der Waals surface area contributed by atoms with Gasteiger partial charge in [0, 0.05) is 29.4 Å². The quantitative estimate of drug-likeness (QED) is 0.736. The van der Waals surface area contributed by atoms with Gasteiger partial charge in [0.1, 0.15) is 0 Å². The van der Waals surface area contributed by atoms with E-state index in [-0.39, 0.29) is 18.3 Å². The predicted molar refractivity (Wildman–Crippen MR) is 101 cm³/mol. The average Bonchev–Trinajstić information content (AvgIpc) is 2.80. The fourth-order valence-corrected chi connectivity index (χ4v) is 2.58. The van der Waals surface area contributed by atoms with Crippen molar-refractivity contribution >= 4 is 29.9 Å². The molecule has 2 aromatic rings. The van der Waals surface area contributed by atoms with Crippen LogP contribution in [0.5, 0.6) is 0 Å². The number of likely N-dealkylation sites (N-methyl/N-ethyl adjacent to an activating group) is 1. The number of halogens is 2. The van der Waals surface area contributed by atoms with Crippen LogP contribution in [-0.4, -0.2) is 35.3 Å². The van der Waals surface area contributed by atoms with E-state index < -0.39 is 0 Å². The summed E-state index contributed by atoms with van der Waals surface area (Å²) in [5.74, 6) is 0.0183. The Bertz CT molecular complexity index is 668. The molecule has 0 atom stereocenters. The van der Waals surface area contributed by atoms with Gasteiger partial charge in [-0.3, -0.25) is 4.79 Å². The highest BCUT2D eigenvalue weighted by atomic mass is 35.5. The number of nitrogens with zero attached hydrogens (tertiary/aromatic N) is 2. The topological polar surface area (TPSA) is 58.9 Å². The van der Waals surface area contributed by atoms with E-state index in [9.17, 15) is 4.79 Å². The molecule has 0 fully saturated rings. The van der Waals surface area contributed by atoms with E-state index in [1.165, 1.54) is 0 Å². The summed E-state index contributed by atoms with van der Waals surface area (Å²) in [6, 6.07) is 7.50. The first-order valence-corrected chi connectivity index (χ1v) is 8.19. The lowest BCUT2D eigenvalue weighted by molar-refractivity contribution is -0.120. The molecule has 0 aliphatic heterocycles. The van der Waals surface area contributed by atoms with Crippen molar-refractivity contribution in [3.8, 4) is 5.69 Å². The van der Waals surface area contributed by atoms with Gasteiger partial charge in [-0.15, -0.1) is 12.4 Å². The van der Waals surface area contributed by atoms with E-state index in [2.05, 4.69) is 15.7 Å². The molecule has 7 heteroatoms. The van der Waals surface area contributed by atoms with E-state index in [1.807, 2.05) is 49.7 Å². The van der Waals surface area contributed by atoms with Gasteiger partial charge < -0.3 is 10.6 Å². The maximum Gasteiger partial charge on any atom is 0.224 e. The van der Waals surface area contributed by atoms with Crippen molar-refractivity contribution < 1.29 is 4.79 Å². The summed E-state index contributed by atoms with van der Waals surface area (Å²) in [5, 5.41) is 11.3. The van der Waals surface area contributed by atoms with Crippen molar-refractivity contribution in [3.05, 3.63) is 46.2 Å². The summed E-state index contributed by atoms with van der Waals surface area (Å²) in [5.41, 5.74) is 3.76. The number of carbonyl (C=O) groups excluding carboxylic acids is 1. The Labute approximate surface area is 154 Å². The molecule has 0 saturated carbocycles. The van der Waals surface area contributed by atoms with E-state index in [1.54, 1.807) is 0 Å². The molecule has 2 N–H and O–H groups in total. The molecule has 0 saturated heterocycles. The summed E-state index contributed by atoms with van der Waals surface area (Å²) in [6.07, 6.45) is 0.345. The van der Waals surface area contributed by atoms with E-state index in [0.717, 1.165) is 35.7 Å². The molecular weight excluding hydrogens is 347 g/mol. The van der Waals surface area contributed by atoms with Crippen molar-refractivity contribution in [2.75, 3.05) is 19.6 Å². The monoisotopic (exact) mass is 370 g/mol. The lowest BCUT2D eigenvalue weighted by Gasteiger charge is -2.07. The van der Waals surface area contributed by atoms with Crippen LogP contribution in [0.2, 0.25) is 5.02 Å². The number of benzene rings is 1. The van der Waals surface area contributed by atoms with Crippen molar-refractivity contribution in [1.82, 2.24) is 20.4 Å². The highest BCUT2D eigenvalue weighted by molar-refractivity contribution is 6.30. The third-order valence-corrected chi connectivity index (χ3v) is 3.98. The van der Waals surface area contributed by atoms with Crippen molar-refractivity contribution in [2.45, 2.75) is 27.2 Å². The Balaban J connectivity index is 0.00000288. The van der Waals surface area contributed by atoms with Crippen LogP contribution >= 0.6 is 24.0 Å². The molecule has 1 heterocycles. The molecule has 5 nitrogen and oxygen atoms in total. The molecule has 0 bridgehead atoms. The van der Waals surface area contributed by atoms with Gasteiger partial charge in [0.05, 0.1) is 17.8 Å². The number of aromatic nitrogens is 2. The number of amides is 1. The van der Waals surface area contributed by atoms with Crippen LogP contribution in [0.15, 0.2) is 24.3 Å². The molecule has 1 amide bonds. The molecule has 1 aromatic heterocycles.